The lowest BCUT2D eigenvalue weighted by atomic mass is 10.1. The molecule has 5 heteroatoms. The summed E-state index contributed by atoms with van der Waals surface area (Å²) in [6, 6.07) is 13.4. The van der Waals surface area contributed by atoms with Crippen LogP contribution in [-0.4, -0.2) is 21.9 Å². The van der Waals surface area contributed by atoms with Crippen molar-refractivity contribution >= 4 is 0 Å². The number of rotatable bonds is 4. The summed E-state index contributed by atoms with van der Waals surface area (Å²) in [7, 11) is 3.51. The number of ether oxygens (including phenoxy) is 1. The number of pyridine rings is 1. The summed E-state index contributed by atoms with van der Waals surface area (Å²) < 4.78 is 7.19. The number of aromatic nitrogens is 3. The Kier molecular flexibility index (Phi) is 4.07. The van der Waals surface area contributed by atoms with Crippen LogP contribution < -0.4 is 4.74 Å². The third-order valence-corrected chi connectivity index (χ3v) is 3.54. The van der Waals surface area contributed by atoms with Gasteiger partial charge in [0.2, 0.25) is 0 Å². The number of methoxy groups -OCH3 is 1. The van der Waals surface area contributed by atoms with Crippen LogP contribution >= 0.6 is 0 Å². The maximum atomic E-state index is 9.08. The molecule has 0 saturated heterocycles. The van der Waals surface area contributed by atoms with Crippen molar-refractivity contribution < 1.29 is 4.74 Å². The van der Waals surface area contributed by atoms with Crippen LogP contribution in [0.25, 0.3) is 11.3 Å². The second-order valence-corrected chi connectivity index (χ2v) is 5.25. The van der Waals surface area contributed by atoms with Gasteiger partial charge in [0.1, 0.15) is 11.4 Å². The Morgan fingerprint density at radius 1 is 1.26 bits per heavy atom. The van der Waals surface area contributed by atoms with E-state index in [4.69, 9.17) is 15.0 Å². The van der Waals surface area contributed by atoms with Gasteiger partial charge in [-0.25, -0.2) is 4.98 Å². The number of benzene rings is 1. The molecule has 0 atom stereocenters. The van der Waals surface area contributed by atoms with Crippen molar-refractivity contribution in [1.82, 2.24) is 14.8 Å². The zero-order valence-electron chi connectivity index (χ0n) is 13.0. The molecule has 0 spiro atoms. The lowest BCUT2D eigenvalue weighted by Gasteiger charge is -2.10. The summed E-state index contributed by atoms with van der Waals surface area (Å²) in [6.45, 7) is 0. The fourth-order valence-electron chi connectivity index (χ4n) is 2.47. The first-order valence-electron chi connectivity index (χ1n) is 7.21. The van der Waals surface area contributed by atoms with E-state index in [0.29, 0.717) is 17.7 Å². The number of nitrogens with zero attached hydrogens (tertiary/aromatic N) is 4. The van der Waals surface area contributed by atoms with E-state index < -0.39 is 0 Å². The summed E-state index contributed by atoms with van der Waals surface area (Å²) in [5.41, 5.74) is 4.24. The minimum atomic E-state index is 0.601. The predicted molar refractivity (Wildman–Crippen MR) is 87.0 cm³/mol. The van der Waals surface area contributed by atoms with E-state index in [0.717, 1.165) is 22.5 Å². The largest absolute Gasteiger partial charge is 0.494 e. The van der Waals surface area contributed by atoms with Crippen molar-refractivity contribution in [1.29, 1.82) is 5.26 Å². The van der Waals surface area contributed by atoms with Gasteiger partial charge in [-0.05, 0) is 29.8 Å². The molecule has 23 heavy (non-hydrogen) atoms. The third-order valence-electron chi connectivity index (χ3n) is 3.54. The van der Waals surface area contributed by atoms with Crippen LogP contribution in [0.2, 0.25) is 0 Å². The van der Waals surface area contributed by atoms with Crippen molar-refractivity contribution in [2.45, 2.75) is 6.42 Å². The highest BCUT2D eigenvalue weighted by Crippen LogP contribution is 2.29. The molecule has 1 aromatic carbocycles. The van der Waals surface area contributed by atoms with Crippen molar-refractivity contribution in [3.05, 3.63) is 65.6 Å². The average molecular weight is 304 g/mol. The zero-order valence-corrected chi connectivity index (χ0v) is 13.0. The lowest BCUT2D eigenvalue weighted by Crippen LogP contribution is -1.97. The number of aryl methyl sites for hydroxylation is 1. The van der Waals surface area contributed by atoms with Gasteiger partial charge in [0.25, 0.3) is 0 Å². The highest BCUT2D eigenvalue weighted by Gasteiger charge is 2.10. The Labute approximate surface area is 134 Å². The van der Waals surface area contributed by atoms with Gasteiger partial charge in [-0.1, -0.05) is 12.1 Å². The molecule has 3 aromatic rings. The Morgan fingerprint density at radius 3 is 2.83 bits per heavy atom. The molecular weight excluding hydrogens is 288 g/mol. The van der Waals surface area contributed by atoms with E-state index >= 15 is 0 Å². The smallest absolute Gasteiger partial charge is 0.145 e. The van der Waals surface area contributed by atoms with Crippen LogP contribution in [0.5, 0.6) is 5.75 Å². The molecule has 0 bridgehead atoms. The van der Waals surface area contributed by atoms with Crippen LogP contribution in [0.15, 0.2) is 48.8 Å². The van der Waals surface area contributed by atoms with Gasteiger partial charge in [0.15, 0.2) is 0 Å². The van der Waals surface area contributed by atoms with Crippen molar-refractivity contribution in [3.8, 4) is 23.1 Å². The first kappa shape index (κ1) is 14.8. The number of hydrogen-bond acceptors (Lipinski definition) is 4. The summed E-state index contributed by atoms with van der Waals surface area (Å²) in [5.74, 6) is 0.690. The Balaban J connectivity index is 2.00. The first-order valence-corrected chi connectivity index (χ1v) is 7.21. The molecule has 0 radical (unpaired) electrons. The monoisotopic (exact) mass is 304 g/mol. The quantitative estimate of drug-likeness (QED) is 0.743. The Bertz CT molecular complexity index is 877. The maximum absolute atomic E-state index is 9.08. The molecule has 2 aromatic heterocycles. The molecule has 0 fully saturated rings. The molecule has 0 aliphatic carbocycles. The Hall–Kier alpha value is -3.13. The molecule has 2 heterocycles. The van der Waals surface area contributed by atoms with Crippen LogP contribution in [-0.2, 0) is 13.5 Å². The van der Waals surface area contributed by atoms with E-state index in [-0.39, 0.29) is 0 Å². The lowest BCUT2D eigenvalue weighted by molar-refractivity contribution is 0.414. The predicted octanol–water partition coefficient (Wildman–Crippen LogP) is 2.95. The fourth-order valence-corrected chi connectivity index (χ4v) is 2.47. The molecule has 3 rings (SSSR count). The zero-order chi connectivity index (χ0) is 16.2. The van der Waals surface area contributed by atoms with E-state index in [1.54, 1.807) is 17.9 Å². The van der Waals surface area contributed by atoms with E-state index in [9.17, 15) is 0 Å². The van der Waals surface area contributed by atoms with Crippen molar-refractivity contribution in [2.75, 3.05) is 7.11 Å². The molecule has 0 aliphatic heterocycles. The van der Waals surface area contributed by atoms with Gasteiger partial charge < -0.3 is 4.74 Å². The normalized spacial score (nSPS) is 10.3. The molecular formula is C18H16N4O. The Morgan fingerprint density at radius 2 is 2.13 bits per heavy atom. The number of hydrogen-bond donors (Lipinski definition) is 0. The maximum Gasteiger partial charge on any atom is 0.145 e. The SMILES string of the molecule is COc1ccc(Cc2cnn(C)c2)nc1-c1cccc(C#N)c1. The molecule has 5 nitrogen and oxygen atoms in total. The van der Waals surface area contributed by atoms with Crippen molar-refractivity contribution in [3.63, 3.8) is 0 Å². The van der Waals surface area contributed by atoms with Gasteiger partial charge in [-0.3, -0.25) is 4.68 Å². The topological polar surface area (TPSA) is 63.7 Å². The van der Waals surface area contributed by atoms with Crippen LogP contribution in [0, 0.1) is 11.3 Å². The third kappa shape index (κ3) is 3.22. The van der Waals surface area contributed by atoms with Crippen LogP contribution in [0.3, 0.4) is 0 Å². The second kappa shape index (κ2) is 6.32. The minimum absolute atomic E-state index is 0.601. The molecule has 0 unspecified atom stereocenters. The highest BCUT2D eigenvalue weighted by molar-refractivity contribution is 5.68. The summed E-state index contributed by atoms with van der Waals surface area (Å²) in [6.07, 6.45) is 4.51. The molecule has 0 saturated carbocycles. The molecule has 114 valence electrons. The van der Waals surface area contributed by atoms with Crippen LogP contribution in [0.1, 0.15) is 16.8 Å². The average Bonchev–Trinajstić information content (AvgIpc) is 2.99. The van der Waals surface area contributed by atoms with Gasteiger partial charge in [0.05, 0.1) is 24.9 Å². The molecule has 0 amide bonds. The minimum Gasteiger partial charge on any atom is -0.494 e. The van der Waals surface area contributed by atoms with Gasteiger partial charge >= 0.3 is 0 Å². The van der Waals surface area contributed by atoms with E-state index in [1.807, 2.05) is 49.8 Å². The van der Waals surface area contributed by atoms with Crippen LogP contribution in [0.4, 0.5) is 0 Å². The van der Waals surface area contributed by atoms with E-state index in [1.165, 1.54) is 0 Å². The summed E-state index contributed by atoms with van der Waals surface area (Å²) >= 11 is 0. The molecule has 0 N–H and O–H groups in total. The number of nitriles is 1. The summed E-state index contributed by atoms with van der Waals surface area (Å²) in [5, 5.41) is 13.3. The van der Waals surface area contributed by atoms with Gasteiger partial charge in [-0.2, -0.15) is 10.4 Å². The van der Waals surface area contributed by atoms with Gasteiger partial charge in [0, 0.05) is 30.9 Å². The molecule has 0 aliphatic rings. The van der Waals surface area contributed by atoms with E-state index in [2.05, 4.69) is 11.2 Å². The first-order chi connectivity index (χ1) is 11.2. The van der Waals surface area contributed by atoms with Crippen molar-refractivity contribution in [2.24, 2.45) is 7.05 Å². The highest BCUT2D eigenvalue weighted by atomic mass is 16.5. The van der Waals surface area contributed by atoms with Gasteiger partial charge in [-0.15, -0.1) is 0 Å². The second-order valence-electron chi connectivity index (χ2n) is 5.25. The fraction of sp³-hybridized carbons (Fsp3) is 0.167. The summed E-state index contributed by atoms with van der Waals surface area (Å²) in [4.78, 5) is 4.72. The standard InChI is InChI=1S/C18H16N4O/c1-22-12-14(11-20-22)9-16-6-7-17(23-2)18(21-16)15-5-3-4-13(8-15)10-19/h3-8,11-12H,9H2,1-2H3.